The molecule has 1 aromatic rings. The summed E-state index contributed by atoms with van der Waals surface area (Å²) in [6.07, 6.45) is -0.409. The fourth-order valence-electron chi connectivity index (χ4n) is 2.76. The number of anilines is 1. The van der Waals surface area contributed by atoms with E-state index >= 15 is 0 Å². The van der Waals surface area contributed by atoms with Gasteiger partial charge in [-0.2, -0.15) is 0 Å². The van der Waals surface area contributed by atoms with Gasteiger partial charge in [-0.3, -0.25) is 4.79 Å². The fraction of sp³-hybridized carbons (Fsp3) is 0.562. The largest absolute Gasteiger partial charge is 0.494 e. The Hall–Kier alpha value is -1.37. The number of aliphatic hydroxyl groups excluding tert-OH is 1. The van der Waals surface area contributed by atoms with Crippen molar-refractivity contribution in [1.82, 2.24) is 0 Å². The van der Waals surface area contributed by atoms with Crippen LogP contribution in [0.3, 0.4) is 0 Å². The van der Waals surface area contributed by atoms with Crippen molar-refractivity contribution in [3.63, 3.8) is 0 Å². The molecule has 0 saturated carbocycles. The smallest absolute Gasteiger partial charge is 0.399 e. The van der Waals surface area contributed by atoms with Crippen molar-refractivity contribution < 1.29 is 19.2 Å². The monoisotopic (exact) mass is 303 g/mol. The van der Waals surface area contributed by atoms with Crippen LogP contribution in [0.15, 0.2) is 24.3 Å². The second-order valence-corrected chi connectivity index (χ2v) is 7.05. The van der Waals surface area contributed by atoms with Crippen LogP contribution in [0.5, 0.6) is 0 Å². The van der Waals surface area contributed by atoms with E-state index in [1.165, 1.54) is 0 Å². The third-order valence-corrected chi connectivity index (χ3v) is 4.81. The van der Waals surface area contributed by atoms with Crippen molar-refractivity contribution in [2.75, 3.05) is 11.4 Å². The Morgan fingerprint density at radius 3 is 2.41 bits per heavy atom. The van der Waals surface area contributed by atoms with E-state index in [1.54, 1.807) is 4.90 Å². The molecule has 118 valence electrons. The number of benzene rings is 1. The normalized spacial score (nSPS) is 26.8. The first-order chi connectivity index (χ1) is 10.2. The lowest BCUT2D eigenvalue weighted by molar-refractivity contribution is -0.117. The summed E-state index contributed by atoms with van der Waals surface area (Å²) in [4.78, 5) is 13.5. The van der Waals surface area contributed by atoms with Crippen LogP contribution < -0.4 is 10.4 Å². The first kappa shape index (κ1) is 15.5. The minimum Gasteiger partial charge on any atom is -0.399 e. The molecule has 6 heteroatoms. The van der Waals surface area contributed by atoms with Crippen molar-refractivity contribution in [1.29, 1.82) is 0 Å². The molecule has 0 aliphatic carbocycles. The van der Waals surface area contributed by atoms with Crippen molar-refractivity contribution in [3.8, 4) is 0 Å². The van der Waals surface area contributed by atoms with E-state index in [1.807, 2.05) is 52.0 Å². The van der Waals surface area contributed by atoms with Gasteiger partial charge in [-0.1, -0.05) is 12.1 Å². The standard InChI is InChI=1S/C16H22BNO4/c1-15(2)16(3,4)22-17(21-15)11-6-5-7-12(8-11)18-10-13(19)9-14(18)20/h5-8,13,19H,9-10H2,1-4H3/t13-/m1/s1. The molecule has 2 saturated heterocycles. The average Bonchev–Trinajstić information content (AvgIpc) is 2.86. The molecule has 2 heterocycles. The number of aliphatic hydroxyl groups is 1. The van der Waals surface area contributed by atoms with E-state index in [2.05, 4.69) is 0 Å². The maximum Gasteiger partial charge on any atom is 0.494 e. The Morgan fingerprint density at radius 1 is 1.23 bits per heavy atom. The number of nitrogens with zero attached hydrogens (tertiary/aromatic N) is 1. The minimum atomic E-state index is -0.590. The van der Waals surface area contributed by atoms with Crippen molar-refractivity contribution in [2.24, 2.45) is 0 Å². The van der Waals surface area contributed by atoms with Crippen LogP contribution in [0, 0.1) is 0 Å². The van der Waals surface area contributed by atoms with Gasteiger partial charge in [0.25, 0.3) is 0 Å². The molecule has 3 rings (SSSR count). The summed E-state index contributed by atoms with van der Waals surface area (Å²) < 4.78 is 12.1. The molecule has 0 spiro atoms. The van der Waals surface area contributed by atoms with Gasteiger partial charge in [0.1, 0.15) is 0 Å². The molecule has 2 fully saturated rings. The number of hydrogen-bond donors (Lipinski definition) is 1. The van der Waals surface area contributed by atoms with E-state index in [9.17, 15) is 9.90 Å². The molecule has 1 atom stereocenters. The van der Waals surface area contributed by atoms with Crippen molar-refractivity contribution in [2.45, 2.75) is 51.4 Å². The van der Waals surface area contributed by atoms with Gasteiger partial charge < -0.3 is 19.3 Å². The maximum absolute atomic E-state index is 11.9. The maximum atomic E-state index is 11.9. The first-order valence-corrected chi connectivity index (χ1v) is 7.64. The average molecular weight is 303 g/mol. The molecule has 0 bridgehead atoms. The first-order valence-electron chi connectivity index (χ1n) is 7.64. The van der Waals surface area contributed by atoms with Crippen molar-refractivity contribution in [3.05, 3.63) is 24.3 Å². The minimum absolute atomic E-state index is 0.0569. The van der Waals surface area contributed by atoms with E-state index < -0.39 is 24.4 Å². The molecule has 2 aliphatic rings. The number of amides is 1. The third kappa shape index (κ3) is 2.55. The molecule has 0 aromatic heterocycles. The van der Waals surface area contributed by atoms with Crippen LogP contribution in [0.25, 0.3) is 0 Å². The molecule has 2 aliphatic heterocycles. The lowest BCUT2D eigenvalue weighted by atomic mass is 9.79. The summed E-state index contributed by atoms with van der Waals surface area (Å²) in [6.45, 7) is 8.38. The quantitative estimate of drug-likeness (QED) is 0.831. The van der Waals surface area contributed by atoms with Gasteiger partial charge in [0, 0.05) is 5.69 Å². The summed E-state index contributed by atoms with van der Waals surface area (Å²) in [5.41, 5.74) is 0.861. The Morgan fingerprint density at radius 2 is 1.86 bits per heavy atom. The Labute approximate surface area is 131 Å². The highest BCUT2D eigenvalue weighted by Gasteiger charge is 2.51. The molecule has 0 unspecified atom stereocenters. The number of rotatable bonds is 2. The van der Waals surface area contributed by atoms with Crippen LogP contribution >= 0.6 is 0 Å². The highest BCUT2D eigenvalue weighted by Crippen LogP contribution is 2.36. The van der Waals surface area contributed by atoms with E-state index in [0.29, 0.717) is 6.54 Å². The molecule has 0 radical (unpaired) electrons. The Bertz CT molecular complexity index is 586. The lowest BCUT2D eigenvalue weighted by Crippen LogP contribution is -2.41. The zero-order chi connectivity index (χ0) is 16.1. The third-order valence-electron chi connectivity index (χ3n) is 4.81. The van der Waals surface area contributed by atoms with Gasteiger partial charge in [-0.25, -0.2) is 0 Å². The molecule has 1 aromatic carbocycles. The topological polar surface area (TPSA) is 59.0 Å². The van der Waals surface area contributed by atoms with Crippen LogP contribution in [-0.4, -0.2) is 42.0 Å². The van der Waals surface area contributed by atoms with Gasteiger partial charge in [0.05, 0.1) is 30.3 Å². The van der Waals surface area contributed by atoms with Gasteiger partial charge in [-0.05, 0) is 45.3 Å². The van der Waals surface area contributed by atoms with Crippen LogP contribution in [0.2, 0.25) is 0 Å². The molecule has 5 nitrogen and oxygen atoms in total. The van der Waals surface area contributed by atoms with Crippen LogP contribution in [0.4, 0.5) is 5.69 Å². The molecule has 1 amide bonds. The van der Waals surface area contributed by atoms with E-state index in [4.69, 9.17) is 9.31 Å². The Kier molecular flexibility index (Phi) is 3.59. The number of carbonyl (C=O) groups is 1. The van der Waals surface area contributed by atoms with E-state index in [0.717, 1.165) is 11.2 Å². The number of β-amino-alcohol motifs (C(OH)–C–C–N with tert-alkyl or cyclic N) is 1. The SMILES string of the molecule is CC1(C)OB(c2cccc(N3C[C@H](O)CC3=O)c2)OC1(C)C. The summed E-state index contributed by atoms with van der Waals surface area (Å²) in [5, 5.41) is 9.64. The summed E-state index contributed by atoms with van der Waals surface area (Å²) in [7, 11) is -0.451. The summed E-state index contributed by atoms with van der Waals surface area (Å²) >= 11 is 0. The molecule has 1 N–H and O–H groups in total. The van der Waals surface area contributed by atoms with Gasteiger partial charge in [-0.15, -0.1) is 0 Å². The van der Waals surface area contributed by atoms with Gasteiger partial charge >= 0.3 is 7.12 Å². The molecular formula is C16H22BNO4. The van der Waals surface area contributed by atoms with E-state index in [-0.39, 0.29) is 12.3 Å². The van der Waals surface area contributed by atoms with Crippen LogP contribution in [0.1, 0.15) is 34.1 Å². The molecule has 22 heavy (non-hydrogen) atoms. The van der Waals surface area contributed by atoms with Gasteiger partial charge in [0.15, 0.2) is 0 Å². The second-order valence-electron chi connectivity index (χ2n) is 7.05. The summed E-state index contributed by atoms with van der Waals surface area (Å²) in [5.74, 6) is -0.0569. The summed E-state index contributed by atoms with van der Waals surface area (Å²) in [6, 6.07) is 7.58. The zero-order valence-electron chi connectivity index (χ0n) is 13.5. The van der Waals surface area contributed by atoms with Gasteiger partial charge in [0.2, 0.25) is 5.91 Å². The fourth-order valence-corrected chi connectivity index (χ4v) is 2.76. The predicted molar refractivity (Wildman–Crippen MR) is 85.1 cm³/mol. The van der Waals surface area contributed by atoms with Crippen LogP contribution in [-0.2, 0) is 14.1 Å². The highest BCUT2D eigenvalue weighted by atomic mass is 16.7. The Balaban J connectivity index is 1.85. The lowest BCUT2D eigenvalue weighted by Gasteiger charge is -2.32. The second kappa shape index (κ2) is 5.08. The molecular weight excluding hydrogens is 281 g/mol. The zero-order valence-corrected chi connectivity index (χ0v) is 13.5. The van der Waals surface area contributed by atoms with Crippen molar-refractivity contribution >= 4 is 24.2 Å². The highest BCUT2D eigenvalue weighted by molar-refractivity contribution is 6.62. The number of hydrogen-bond acceptors (Lipinski definition) is 4. The predicted octanol–water partition coefficient (Wildman–Crippen LogP) is 1.08. The number of carbonyl (C=O) groups excluding carboxylic acids is 1.